The highest BCUT2D eigenvalue weighted by molar-refractivity contribution is 7.89. The predicted molar refractivity (Wildman–Crippen MR) is 160 cm³/mol. The lowest BCUT2D eigenvalue weighted by Crippen LogP contribution is -2.64. The van der Waals surface area contributed by atoms with E-state index in [2.05, 4.69) is 26.6 Å². The molecule has 2 aliphatic rings. The van der Waals surface area contributed by atoms with Gasteiger partial charge >= 0.3 is 6.09 Å². The molecule has 14 nitrogen and oxygen atoms in total. The zero-order valence-corrected chi connectivity index (χ0v) is 25.9. The number of hydrogen-bond acceptors (Lipinski definition) is 11. The first-order chi connectivity index (χ1) is 20.4. The molecule has 4 aromatic heterocycles. The summed E-state index contributed by atoms with van der Waals surface area (Å²) in [5.74, 6) is 0.393. The molecule has 0 bridgehead atoms. The number of aromatic nitrogens is 6. The number of thiophene rings is 1. The van der Waals surface area contributed by atoms with E-state index in [1.54, 1.807) is 28.9 Å². The number of fused-ring (bicyclic) bond motifs is 1. The first-order valence-corrected chi connectivity index (χ1v) is 16.3. The molecule has 0 aromatic carbocycles. The number of anilines is 2. The van der Waals surface area contributed by atoms with Crippen molar-refractivity contribution in [1.82, 2.24) is 38.7 Å². The molecule has 6 rings (SSSR count). The Kier molecular flexibility index (Phi) is 7.14. The fraction of sp³-hybridized carbons (Fsp3) is 0.481. The van der Waals surface area contributed by atoms with E-state index >= 15 is 0 Å². The molecular formula is C27H32N10O4S2. The van der Waals surface area contributed by atoms with Crippen molar-refractivity contribution in [2.45, 2.75) is 51.3 Å². The molecule has 2 saturated heterocycles. The van der Waals surface area contributed by atoms with Gasteiger partial charge in [0, 0.05) is 44.1 Å². The fourth-order valence-electron chi connectivity index (χ4n) is 5.12. The molecule has 0 unspecified atom stereocenters. The van der Waals surface area contributed by atoms with Crippen molar-refractivity contribution in [1.29, 1.82) is 5.26 Å². The number of ether oxygens (including phenoxy) is 1. The Morgan fingerprint density at radius 2 is 1.98 bits per heavy atom. The molecule has 16 heteroatoms. The smallest absolute Gasteiger partial charge is 0.410 e. The van der Waals surface area contributed by atoms with Crippen molar-refractivity contribution >= 4 is 49.3 Å². The number of sulfonamides is 1. The largest absolute Gasteiger partial charge is 0.444 e. The summed E-state index contributed by atoms with van der Waals surface area (Å²) in [6.45, 7) is 8.55. The number of nitrogens with zero attached hydrogens (tertiary/aromatic N) is 9. The standard InChI is InChI=1S/C27H32N10O4S2/c1-5-43(39,40)35-16-27(17-35,7-8-28)37-12-18(10-30-37)22-23-21(6-9-42-23)32-24(33-22)31-19-11-29-36(13-19)20-14-34(15-20)25(38)41-26(2,3)4/h6,9-13,20H,5,7,14-17H2,1-4H3,(H,31,32,33). The quantitative estimate of drug-likeness (QED) is 0.306. The van der Waals surface area contributed by atoms with Crippen LogP contribution in [-0.4, -0.2) is 90.8 Å². The molecule has 0 radical (unpaired) electrons. The molecule has 1 N–H and O–H groups in total. The molecule has 6 heterocycles. The van der Waals surface area contributed by atoms with Crippen LogP contribution in [0.5, 0.6) is 0 Å². The molecule has 226 valence electrons. The summed E-state index contributed by atoms with van der Waals surface area (Å²) in [5, 5.41) is 23.7. The minimum atomic E-state index is -3.35. The van der Waals surface area contributed by atoms with Gasteiger partial charge in [0.25, 0.3) is 0 Å². The number of carbonyl (C=O) groups excluding carboxylic acids is 1. The maximum Gasteiger partial charge on any atom is 0.410 e. The van der Waals surface area contributed by atoms with Crippen LogP contribution in [0.3, 0.4) is 0 Å². The first-order valence-electron chi connectivity index (χ1n) is 13.8. The number of amides is 1. The number of nitrogens with one attached hydrogen (secondary N) is 1. The molecule has 43 heavy (non-hydrogen) atoms. The van der Waals surface area contributed by atoms with E-state index in [0.29, 0.717) is 30.4 Å². The lowest BCUT2D eigenvalue weighted by atomic mass is 9.89. The van der Waals surface area contributed by atoms with Crippen molar-refractivity contribution in [3.05, 3.63) is 36.2 Å². The maximum absolute atomic E-state index is 12.3. The topological polar surface area (TPSA) is 164 Å². The van der Waals surface area contributed by atoms with Gasteiger partial charge in [0.2, 0.25) is 16.0 Å². The highest BCUT2D eigenvalue weighted by Gasteiger charge is 2.49. The van der Waals surface area contributed by atoms with Gasteiger partial charge in [0.15, 0.2) is 0 Å². The summed E-state index contributed by atoms with van der Waals surface area (Å²) < 4.78 is 35.9. The van der Waals surface area contributed by atoms with E-state index in [0.717, 1.165) is 15.8 Å². The number of hydrogen-bond donors (Lipinski definition) is 1. The average molecular weight is 625 g/mol. The van der Waals surface area contributed by atoms with Gasteiger partial charge in [0.05, 0.1) is 58.3 Å². The average Bonchev–Trinajstić information content (AvgIpc) is 3.65. The minimum Gasteiger partial charge on any atom is -0.444 e. The van der Waals surface area contributed by atoms with Gasteiger partial charge in [-0.05, 0) is 39.1 Å². The highest BCUT2D eigenvalue weighted by Crippen LogP contribution is 2.37. The molecular weight excluding hydrogens is 592 g/mol. The minimum absolute atomic E-state index is 0.0111. The second kappa shape index (κ2) is 10.6. The summed E-state index contributed by atoms with van der Waals surface area (Å²) in [4.78, 5) is 23.4. The highest BCUT2D eigenvalue weighted by atomic mass is 32.2. The monoisotopic (exact) mass is 624 g/mol. The van der Waals surface area contributed by atoms with Gasteiger partial charge in [0.1, 0.15) is 11.1 Å². The van der Waals surface area contributed by atoms with Crippen LogP contribution in [0.25, 0.3) is 21.5 Å². The van der Waals surface area contributed by atoms with Gasteiger partial charge < -0.3 is 15.0 Å². The van der Waals surface area contributed by atoms with E-state index < -0.39 is 21.2 Å². The molecule has 0 saturated carbocycles. The van der Waals surface area contributed by atoms with Gasteiger partial charge in [-0.15, -0.1) is 11.3 Å². The van der Waals surface area contributed by atoms with E-state index in [4.69, 9.17) is 9.72 Å². The normalized spacial score (nSPS) is 17.3. The Labute approximate surface area is 252 Å². The number of nitriles is 1. The molecule has 2 aliphatic heterocycles. The van der Waals surface area contributed by atoms with E-state index in [1.807, 2.05) is 49.3 Å². The summed E-state index contributed by atoms with van der Waals surface area (Å²) in [6, 6.07) is 4.15. The van der Waals surface area contributed by atoms with Crippen LogP contribution in [0, 0.1) is 11.3 Å². The zero-order chi connectivity index (χ0) is 30.6. The molecule has 0 spiro atoms. The van der Waals surface area contributed by atoms with Crippen LogP contribution < -0.4 is 5.32 Å². The van der Waals surface area contributed by atoms with Crippen LogP contribution in [0.2, 0.25) is 0 Å². The van der Waals surface area contributed by atoms with Crippen LogP contribution in [-0.2, 0) is 20.3 Å². The molecule has 0 aliphatic carbocycles. The van der Waals surface area contributed by atoms with Gasteiger partial charge in [-0.1, -0.05) is 0 Å². The van der Waals surface area contributed by atoms with E-state index in [9.17, 15) is 18.5 Å². The maximum atomic E-state index is 12.3. The van der Waals surface area contributed by atoms with Crippen LogP contribution >= 0.6 is 11.3 Å². The second-order valence-electron chi connectivity index (χ2n) is 11.8. The van der Waals surface area contributed by atoms with Gasteiger partial charge in [-0.2, -0.15) is 19.8 Å². The first kappa shape index (κ1) is 29.0. The van der Waals surface area contributed by atoms with E-state index in [-0.39, 0.29) is 37.4 Å². The van der Waals surface area contributed by atoms with Gasteiger partial charge in [-0.3, -0.25) is 9.36 Å². The van der Waals surface area contributed by atoms with Crippen molar-refractivity contribution in [3.63, 3.8) is 0 Å². The van der Waals surface area contributed by atoms with Crippen LogP contribution in [0.15, 0.2) is 36.2 Å². The Hall–Kier alpha value is -4.07. The van der Waals surface area contributed by atoms with Crippen molar-refractivity contribution in [3.8, 4) is 17.3 Å². The van der Waals surface area contributed by atoms with Crippen LogP contribution in [0.4, 0.5) is 16.4 Å². The van der Waals surface area contributed by atoms with Gasteiger partial charge in [-0.25, -0.2) is 23.2 Å². The summed E-state index contributed by atoms with van der Waals surface area (Å²) in [7, 11) is -3.35. The number of likely N-dealkylation sites (tertiary alicyclic amines) is 1. The van der Waals surface area contributed by atoms with Crippen LogP contribution in [0.1, 0.15) is 40.2 Å². The van der Waals surface area contributed by atoms with Crippen molar-refractivity contribution < 1.29 is 17.9 Å². The Bertz CT molecular complexity index is 1820. The SMILES string of the molecule is CCS(=O)(=O)N1CC(CC#N)(n2cc(-c3nc(Nc4cnn(C5CN(C(=O)OC(C)(C)C)C5)c4)nc4ccsc34)cn2)C1. The Morgan fingerprint density at radius 3 is 2.67 bits per heavy atom. The molecule has 1 amide bonds. The third-order valence-corrected chi connectivity index (χ3v) is 10.2. The lowest BCUT2D eigenvalue weighted by Gasteiger charge is -2.47. The molecule has 0 atom stereocenters. The fourth-order valence-corrected chi connectivity index (χ4v) is 7.21. The Morgan fingerprint density at radius 1 is 1.21 bits per heavy atom. The van der Waals surface area contributed by atoms with Crippen molar-refractivity contribution in [2.24, 2.45) is 0 Å². The molecule has 4 aromatic rings. The molecule has 2 fully saturated rings. The van der Waals surface area contributed by atoms with E-state index in [1.165, 1.54) is 15.6 Å². The predicted octanol–water partition coefficient (Wildman–Crippen LogP) is 3.56. The lowest BCUT2D eigenvalue weighted by molar-refractivity contribution is -0.000383. The summed E-state index contributed by atoms with van der Waals surface area (Å²) in [5.41, 5.74) is 1.61. The summed E-state index contributed by atoms with van der Waals surface area (Å²) >= 11 is 1.51. The summed E-state index contributed by atoms with van der Waals surface area (Å²) in [6.07, 6.45) is 6.86. The second-order valence-corrected chi connectivity index (χ2v) is 15.0. The zero-order valence-electron chi connectivity index (χ0n) is 24.3. The Balaban J connectivity index is 1.19. The number of rotatable bonds is 8. The number of carbonyl (C=O) groups is 1. The third kappa shape index (κ3) is 5.55. The van der Waals surface area contributed by atoms with Crippen molar-refractivity contribution in [2.75, 3.05) is 37.2 Å². The third-order valence-electron chi connectivity index (χ3n) is 7.50.